The van der Waals surface area contributed by atoms with E-state index in [1.54, 1.807) is 24.3 Å². The Morgan fingerprint density at radius 1 is 0.560 bits per heavy atom. The van der Waals surface area contributed by atoms with Crippen molar-refractivity contribution < 1.29 is 67.7 Å². The Balaban J connectivity index is 0.00000413. The lowest BCUT2D eigenvalue weighted by Crippen LogP contribution is -2.57. The molecule has 464 valence electrons. The number of nitrogens with one attached hydrogen (secondary N) is 8. The number of primary amides is 1. The molecule has 1 heterocycles. The molecule has 2 aromatic carbocycles. The summed E-state index contributed by atoms with van der Waals surface area (Å²) in [4.78, 5) is 158. The molecule has 0 aliphatic carbocycles. The number of rotatable bonds is 31. The smallest absolute Gasteiger partial charge is 0.300 e. The number of aliphatic imine (C=N–C) groups is 2. The van der Waals surface area contributed by atoms with E-state index < -0.39 is 113 Å². The Morgan fingerprint density at radius 2 is 1.01 bits per heavy atom. The summed E-state index contributed by atoms with van der Waals surface area (Å²) in [5, 5.41) is 35.7. The van der Waals surface area contributed by atoms with E-state index in [1.807, 2.05) is 30.3 Å². The lowest BCUT2D eigenvalue weighted by molar-refractivity contribution is -0.140. The minimum atomic E-state index is -1.22. The zero-order valence-corrected chi connectivity index (χ0v) is 48.5. The number of aliphatic carboxylic acids is 2. The van der Waals surface area contributed by atoms with Crippen molar-refractivity contribution in [3.8, 4) is 0 Å². The van der Waals surface area contributed by atoms with Gasteiger partial charge in [0.25, 0.3) is 11.9 Å². The van der Waals surface area contributed by atoms with Gasteiger partial charge in [-0.1, -0.05) is 42.5 Å². The number of nitrogens with zero attached hydrogens (tertiary/aromatic N) is 3. The zero-order chi connectivity index (χ0) is 63.6. The third-order valence-corrected chi connectivity index (χ3v) is 12.1. The number of aryl methyl sites for hydroxylation is 1. The molecule has 8 atom stereocenters. The highest BCUT2D eigenvalue weighted by atomic mass is 16.4. The van der Waals surface area contributed by atoms with Gasteiger partial charge < -0.3 is 86.3 Å². The summed E-state index contributed by atoms with van der Waals surface area (Å²) in [6, 6.07) is 7.19. The molecule has 1 aliphatic rings. The second-order valence-electron chi connectivity index (χ2n) is 19.6. The van der Waals surface area contributed by atoms with Crippen LogP contribution in [0.4, 0.5) is 5.69 Å². The Labute approximate surface area is 487 Å². The first-order chi connectivity index (χ1) is 39.4. The van der Waals surface area contributed by atoms with Gasteiger partial charge in [0.15, 0.2) is 11.9 Å². The van der Waals surface area contributed by atoms with Crippen molar-refractivity contribution in [2.24, 2.45) is 38.7 Å². The summed E-state index contributed by atoms with van der Waals surface area (Å²) in [5.41, 5.74) is 29.2. The monoisotopic (exact) mass is 1180 g/mol. The van der Waals surface area contributed by atoms with E-state index in [0.29, 0.717) is 17.7 Å². The first kappa shape index (κ1) is 72.6. The van der Waals surface area contributed by atoms with Gasteiger partial charge in [0, 0.05) is 45.6 Å². The van der Waals surface area contributed by atoms with Crippen LogP contribution in [0, 0.1) is 0 Å². The molecular weight excluding hydrogens is 1100 g/mol. The molecule has 1 aliphatic heterocycles. The number of benzene rings is 2. The van der Waals surface area contributed by atoms with E-state index in [4.69, 9.17) is 48.5 Å². The fourth-order valence-corrected chi connectivity index (χ4v) is 7.75. The highest BCUT2D eigenvalue weighted by Gasteiger charge is 2.39. The van der Waals surface area contributed by atoms with Crippen LogP contribution in [0.1, 0.15) is 111 Å². The molecule has 0 bridgehead atoms. The lowest BCUT2D eigenvalue weighted by atomic mass is 10.1. The number of carboxylic acid groups (broad SMARTS) is 2. The van der Waals surface area contributed by atoms with Crippen molar-refractivity contribution >= 4 is 88.6 Å². The number of guanidine groups is 2. The molecule has 2 aromatic rings. The van der Waals surface area contributed by atoms with Gasteiger partial charge in [-0.25, -0.2) is 0 Å². The molecular formula is C54H84N16O14. The molecule has 0 radical (unpaired) electrons. The molecule has 30 nitrogen and oxygen atoms in total. The van der Waals surface area contributed by atoms with E-state index >= 15 is 0 Å². The quantitative estimate of drug-likeness (QED) is 0.0210. The number of carbonyl (C=O) groups excluding carboxylic acids is 10. The minimum absolute atomic E-state index is 0.0191. The predicted octanol–water partition coefficient (Wildman–Crippen LogP) is -2.55. The van der Waals surface area contributed by atoms with Gasteiger partial charge in [0.05, 0.1) is 6.42 Å². The van der Waals surface area contributed by atoms with Crippen molar-refractivity contribution in [3.63, 3.8) is 0 Å². The summed E-state index contributed by atoms with van der Waals surface area (Å²) in [6.45, 7) is 9.60. The highest BCUT2D eigenvalue weighted by Crippen LogP contribution is 2.16. The molecule has 0 unspecified atom stereocenters. The van der Waals surface area contributed by atoms with E-state index in [2.05, 4.69) is 52.5 Å². The van der Waals surface area contributed by atoms with Crippen LogP contribution in [0.2, 0.25) is 0 Å². The maximum atomic E-state index is 13.6. The van der Waals surface area contributed by atoms with Gasteiger partial charge in [-0.2, -0.15) is 0 Å². The molecule has 0 saturated carbocycles. The van der Waals surface area contributed by atoms with Crippen LogP contribution < -0.4 is 71.2 Å². The van der Waals surface area contributed by atoms with Crippen LogP contribution >= 0.6 is 0 Å². The van der Waals surface area contributed by atoms with E-state index in [0.717, 1.165) is 32.3 Å². The fraction of sp³-hybridized carbons (Fsp3) is 0.519. The number of carbonyl (C=O) groups is 12. The Hall–Kier alpha value is -9.38. The van der Waals surface area contributed by atoms with E-state index in [9.17, 15) is 47.9 Å². The molecule has 3 rings (SSSR count). The van der Waals surface area contributed by atoms with Crippen LogP contribution in [0.15, 0.2) is 64.6 Å². The van der Waals surface area contributed by atoms with Crippen LogP contribution in [0.3, 0.4) is 0 Å². The number of amides is 10. The largest absolute Gasteiger partial charge is 0.481 e. The second-order valence-corrected chi connectivity index (χ2v) is 19.6. The highest BCUT2D eigenvalue weighted by molar-refractivity contribution is 6.00. The second kappa shape index (κ2) is 38.3. The van der Waals surface area contributed by atoms with Crippen molar-refractivity contribution in [3.05, 3.63) is 65.7 Å². The number of unbranched alkanes of at least 4 members (excludes halogenated alkanes) is 1. The third-order valence-electron chi connectivity index (χ3n) is 12.1. The van der Waals surface area contributed by atoms with E-state index in [-0.39, 0.29) is 82.4 Å². The molecule has 1 saturated heterocycles. The SMILES string of the molecule is CC(=O)O.CC(=O)O.C[C@H](NC(=O)CCCCc1ccccc1)C(=O)N[C@@H](CCCN=C(N)N)C(=O)N[C@@H](C)C(=O)N[C@@H]1CCN([C@@H](C)C(=O)N[C@@H](C)C(=O)N[C@@H](CCCN=C(N)N)C(=O)N[C@@H](C)C(=O)Nc2ccc(CC(N)=O)cc2)C1=O. The molecule has 0 aromatic heterocycles. The molecule has 1 fully saturated rings. The molecule has 20 N–H and O–H groups in total. The summed E-state index contributed by atoms with van der Waals surface area (Å²) in [6.07, 6.45) is 3.12. The Bertz CT molecular complexity index is 2590. The average molecular weight is 1180 g/mol. The van der Waals surface area contributed by atoms with Crippen LogP contribution in [-0.2, 0) is 70.4 Å². The molecule has 84 heavy (non-hydrogen) atoms. The van der Waals surface area contributed by atoms with Crippen LogP contribution in [0.25, 0.3) is 0 Å². The van der Waals surface area contributed by atoms with Gasteiger partial charge in [-0.15, -0.1) is 0 Å². The fourth-order valence-electron chi connectivity index (χ4n) is 7.75. The van der Waals surface area contributed by atoms with Crippen molar-refractivity contribution in [1.29, 1.82) is 0 Å². The topological polar surface area (TPSA) is 500 Å². The van der Waals surface area contributed by atoms with Gasteiger partial charge in [0.1, 0.15) is 48.3 Å². The standard InChI is InChI=1S/C50H76N16O10.2C2H4O2/c1-28(58-40(68)18-10-9-15-33-13-7-6-8-14-33)42(70)63-36(16-11-24-56-49(52)53)47(75)61-31(4)44(72)65-38-23-26-66(48(38)76)32(5)45(73)59-30(3)43(71)64-37(17-12-25-57-50(54)55)46(74)60-29(2)41(69)62-35-21-19-34(20-22-35)27-39(51)67;2*1-2(3)4/h6-8,13-14,19-22,28-32,36-38H,9-12,15-18,23-27H2,1-5H3,(H2,51,67)(H,58,68)(H,59,73)(H,60,74)(H,61,75)(H,62,69)(H,63,70)(H,64,71)(H,65,72)(H4,52,53,56)(H4,54,55,57);2*1H3,(H,3,4)/t28-,29-,30-,31-,32-,36-,37-,38+;;/m0../s1. The van der Waals surface area contributed by atoms with Crippen LogP contribution in [-0.4, -0.2) is 166 Å². The first-order valence-electron chi connectivity index (χ1n) is 27.1. The number of anilines is 1. The predicted molar refractivity (Wildman–Crippen MR) is 310 cm³/mol. The normalized spacial score (nSPS) is 14.7. The Kier molecular flexibility index (Phi) is 33.2. The van der Waals surface area contributed by atoms with Crippen molar-refractivity contribution in [2.75, 3.05) is 25.0 Å². The van der Waals surface area contributed by atoms with Gasteiger partial charge in [-0.05, 0) is 109 Å². The van der Waals surface area contributed by atoms with Gasteiger partial charge in [0.2, 0.25) is 59.1 Å². The number of likely N-dealkylation sites (tertiary alicyclic amines) is 1. The average Bonchev–Trinajstić information content (AvgIpc) is 4.00. The zero-order valence-electron chi connectivity index (χ0n) is 48.5. The summed E-state index contributed by atoms with van der Waals surface area (Å²) >= 11 is 0. The number of carboxylic acids is 2. The number of nitrogens with two attached hydrogens (primary N) is 5. The van der Waals surface area contributed by atoms with Crippen molar-refractivity contribution in [1.82, 2.24) is 42.1 Å². The number of hydrogen-bond acceptors (Lipinski definition) is 14. The van der Waals surface area contributed by atoms with Crippen LogP contribution in [0.5, 0.6) is 0 Å². The summed E-state index contributed by atoms with van der Waals surface area (Å²) in [5.74, 6) is -8.30. The Morgan fingerprint density at radius 3 is 1.49 bits per heavy atom. The van der Waals surface area contributed by atoms with Crippen molar-refractivity contribution in [2.45, 2.75) is 161 Å². The summed E-state index contributed by atoms with van der Waals surface area (Å²) < 4.78 is 0. The van der Waals surface area contributed by atoms with E-state index in [1.165, 1.54) is 39.5 Å². The maximum Gasteiger partial charge on any atom is 0.300 e. The minimum Gasteiger partial charge on any atom is -0.481 e. The molecule has 0 spiro atoms. The number of hydrogen-bond donors (Lipinski definition) is 15. The summed E-state index contributed by atoms with van der Waals surface area (Å²) in [7, 11) is 0. The molecule has 10 amide bonds. The first-order valence-corrected chi connectivity index (χ1v) is 27.1. The maximum absolute atomic E-state index is 13.6. The molecule has 30 heteroatoms. The van der Waals surface area contributed by atoms with Gasteiger partial charge >= 0.3 is 0 Å². The third kappa shape index (κ3) is 30.4. The van der Waals surface area contributed by atoms with Gasteiger partial charge in [-0.3, -0.25) is 67.5 Å². The lowest BCUT2D eigenvalue weighted by Gasteiger charge is -2.27.